The molecule has 0 radical (unpaired) electrons. The number of carbonyl (C=O) groups excluding carboxylic acids is 1. The number of anilines is 1. The monoisotopic (exact) mass is 418 g/mol. The molecule has 158 valence electrons. The second kappa shape index (κ2) is 7.32. The van der Waals surface area contributed by atoms with E-state index in [1.54, 1.807) is 0 Å². The summed E-state index contributed by atoms with van der Waals surface area (Å²) in [5, 5.41) is 7.24. The minimum absolute atomic E-state index is 0.00389. The van der Waals surface area contributed by atoms with E-state index in [1.165, 1.54) is 0 Å². The van der Waals surface area contributed by atoms with Gasteiger partial charge in [0.2, 0.25) is 0 Å². The van der Waals surface area contributed by atoms with Gasteiger partial charge in [0.05, 0.1) is 6.61 Å². The molecule has 4 rings (SSSR count). The number of benzene rings is 1. The van der Waals surface area contributed by atoms with Gasteiger partial charge in [-0.2, -0.15) is 0 Å². The number of nitrogens with two attached hydrogens (primary N) is 1. The van der Waals surface area contributed by atoms with Gasteiger partial charge in [0.25, 0.3) is 0 Å². The summed E-state index contributed by atoms with van der Waals surface area (Å²) >= 11 is 5.57. The molecule has 2 aliphatic heterocycles. The van der Waals surface area contributed by atoms with Crippen LogP contribution in [0.2, 0.25) is 0 Å². The maximum Gasteiger partial charge on any atom is 0.410 e. The summed E-state index contributed by atoms with van der Waals surface area (Å²) in [6.45, 7) is 6.81. The minimum Gasteiger partial charge on any atom is -0.493 e. The van der Waals surface area contributed by atoms with Crippen molar-refractivity contribution >= 4 is 29.1 Å². The van der Waals surface area contributed by atoms with Crippen molar-refractivity contribution < 1.29 is 14.3 Å². The van der Waals surface area contributed by atoms with Gasteiger partial charge in [-0.15, -0.1) is 0 Å². The van der Waals surface area contributed by atoms with Crippen molar-refractivity contribution in [1.29, 1.82) is 0 Å². The summed E-state index contributed by atoms with van der Waals surface area (Å²) in [7, 11) is 0. The van der Waals surface area contributed by atoms with Crippen LogP contribution in [-0.2, 0) is 11.2 Å². The minimum atomic E-state index is -0.516. The first-order valence-corrected chi connectivity index (χ1v) is 10.7. The number of amides is 1. The molecule has 1 aromatic rings. The third kappa shape index (κ3) is 4.28. The van der Waals surface area contributed by atoms with Crippen molar-refractivity contribution in [3.63, 3.8) is 0 Å². The van der Waals surface area contributed by atoms with Crippen LogP contribution in [0.15, 0.2) is 18.2 Å². The van der Waals surface area contributed by atoms with Crippen LogP contribution >= 0.6 is 12.2 Å². The van der Waals surface area contributed by atoms with Gasteiger partial charge in [-0.05, 0) is 64.4 Å². The third-order valence-electron chi connectivity index (χ3n) is 5.83. The Hall–Kier alpha value is -2.06. The van der Waals surface area contributed by atoms with Crippen molar-refractivity contribution in [3.05, 3.63) is 23.8 Å². The zero-order chi connectivity index (χ0) is 20.8. The lowest BCUT2D eigenvalue weighted by Gasteiger charge is -2.44. The normalized spacial score (nSPS) is 24.5. The zero-order valence-corrected chi connectivity index (χ0v) is 18.1. The first kappa shape index (κ1) is 20.2. The first-order valence-electron chi connectivity index (χ1n) is 10.3. The second-order valence-electron chi connectivity index (χ2n) is 9.27. The van der Waals surface area contributed by atoms with Gasteiger partial charge in [0.1, 0.15) is 11.4 Å². The zero-order valence-electron chi connectivity index (χ0n) is 17.3. The molecule has 2 heterocycles. The lowest BCUT2D eigenvalue weighted by molar-refractivity contribution is 0.000399. The Morgan fingerprint density at radius 1 is 1.38 bits per heavy atom. The summed E-state index contributed by atoms with van der Waals surface area (Å²) < 4.78 is 11.2. The van der Waals surface area contributed by atoms with Crippen LogP contribution in [0.3, 0.4) is 0 Å². The predicted molar refractivity (Wildman–Crippen MR) is 116 cm³/mol. The van der Waals surface area contributed by atoms with Crippen LogP contribution in [-0.4, -0.2) is 52.5 Å². The van der Waals surface area contributed by atoms with E-state index in [0.29, 0.717) is 18.3 Å². The number of piperidine rings is 1. The molecule has 1 saturated heterocycles. The van der Waals surface area contributed by atoms with Crippen molar-refractivity contribution in [1.82, 2.24) is 10.2 Å². The number of nitrogens with zero attached hydrogens (tertiary/aromatic N) is 1. The standard InChI is InChI=1S/C21H30N4O3S/c1-20(2,3)28-19(26)25-12-14(22)16(11-21(25)8-9-21)24-18(29)23-15-5-4-6-17-13(15)7-10-27-17/h4-6,14,16H,7-12,22H2,1-3H3,(H2,23,24,29)/t14-,16+/m0/s1. The molecule has 0 bridgehead atoms. The average Bonchev–Trinajstić information content (AvgIpc) is 3.20. The molecular weight excluding hydrogens is 388 g/mol. The quantitative estimate of drug-likeness (QED) is 0.637. The molecule has 1 saturated carbocycles. The van der Waals surface area contributed by atoms with Crippen LogP contribution in [0.4, 0.5) is 10.5 Å². The lowest BCUT2D eigenvalue weighted by atomic mass is 9.92. The Kier molecular flexibility index (Phi) is 5.11. The first-order chi connectivity index (χ1) is 13.7. The number of hydrogen-bond acceptors (Lipinski definition) is 5. The molecule has 2 fully saturated rings. The number of carbonyl (C=O) groups is 1. The maximum absolute atomic E-state index is 12.7. The van der Waals surface area contributed by atoms with Gasteiger partial charge >= 0.3 is 6.09 Å². The summed E-state index contributed by atoms with van der Waals surface area (Å²) in [6, 6.07) is 5.72. The van der Waals surface area contributed by atoms with E-state index < -0.39 is 5.60 Å². The number of hydrogen-bond donors (Lipinski definition) is 3. The van der Waals surface area contributed by atoms with E-state index in [0.717, 1.165) is 42.7 Å². The molecule has 29 heavy (non-hydrogen) atoms. The Morgan fingerprint density at radius 2 is 2.14 bits per heavy atom. The van der Waals surface area contributed by atoms with E-state index in [2.05, 4.69) is 10.6 Å². The van der Waals surface area contributed by atoms with E-state index in [-0.39, 0.29) is 23.7 Å². The van der Waals surface area contributed by atoms with Crippen molar-refractivity contribution in [3.8, 4) is 5.75 Å². The Bertz CT molecular complexity index is 819. The number of likely N-dealkylation sites (tertiary alicyclic amines) is 1. The number of rotatable bonds is 2. The molecule has 0 unspecified atom stereocenters. The largest absolute Gasteiger partial charge is 0.493 e. The second-order valence-corrected chi connectivity index (χ2v) is 9.68. The van der Waals surface area contributed by atoms with Gasteiger partial charge in [-0.25, -0.2) is 4.79 Å². The van der Waals surface area contributed by atoms with Crippen LogP contribution in [0.5, 0.6) is 5.75 Å². The average molecular weight is 419 g/mol. The molecule has 1 aromatic carbocycles. The van der Waals surface area contributed by atoms with E-state index in [9.17, 15) is 4.79 Å². The summed E-state index contributed by atoms with van der Waals surface area (Å²) in [5.74, 6) is 0.914. The summed E-state index contributed by atoms with van der Waals surface area (Å²) in [4.78, 5) is 14.5. The number of nitrogens with one attached hydrogen (secondary N) is 2. The summed E-state index contributed by atoms with van der Waals surface area (Å²) in [6.07, 6.45) is 3.31. The van der Waals surface area contributed by atoms with Crippen molar-refractivity contribution in [2.24, 2.45) is 5.73 Å². The summed E-state index contributed by atoms with van der Waals surface area (Å²) in [5.41, 5.74) is 7.88. The maximum atomic E-state index is 12.7. The topological polar surface area (TPSA) is 88.9 Å². The number of ether oxygens (including phenoxy) is 2. The predicted octanol–water partition coefficient (Wildman–Crippen LogP) is 2.78. The number of thiocarbonyl (C=S) groups is 1. The fraction of sp³-hybridized carbons (Fsp3) is 0.619. The van der Waals surface area contributed by atoms with Gasteiger partial charge < -0.3 is 30.7 Å². The fourth-order valence-electron chi connectivity index (χ4n) is 4.23. The van der Waals surface area contributed by atoms with E-state index in [1.807, 2.05) is 43.9 Å². The highest BCUT2D eigenvalue weighted by Gasteiger charge is 2.56. The third-order valence-corrected chi connectivity index (χ3v) is 6.05. The van der Waals surface area contributed by atoms with Crippen LogP contribution in [0.1, 0.15) is 45.6 Å². The van der Waals surface area contributed by atoms with Crippen molar-refractivity contribution in [2.75, 3.05) is 18.5 Å². The highest BCUT2D eigenvalue weighted by molar-refractivity contribution is 7.80. The van der Waals surface area contributed by atoms with Gasteiger partial charge in [-0.3, -0.25) is 0 Å². The lowest BCUT2D eigenvalue weighted by Crippen LogP contribution is -2.64. The highest BCUT2D eigenvalue weighted by Crippen LogP contribution is 2.48. The molecule has 0 aromatic heterocycles. The number of fused-ring (bicyclic) bond motifs is 1. The Morgan fingerprint density at radius 3 is 2.83 bits per heavy atom. The molecule has 1 spiro atoms. The van der Waals surface area contributed by atoms with E-state index >= 15 is 0 Å². The Labute approximate surface area is 177 Å². The van der Waals surface area contributed by atoms with Crippen molar-refractivity contribution in [2.45, 2.75) is 69.7 Å². The van der Waals surface area contributed by atoms with E-state index in [4.69, 9.17) is 27.4 Å². The van der Waals surface area contributed by atoms with Gasteiger partial charge in [0, 0.05) is 41.8 Å². The van der Waals surface area contributed by atoms with Gasteiger partial charge in [-0.1, -0.05) is 6.07 Å². The SMILES string of the molecule is CC(C)(C)OC(=O)N1C[C@H](N)[C@H](NC(=S)Nc2cccc3c2CCO3)CC12CC2. The van der Waals surface area contributed by atoms with Crippen LogP contribution < -0.4 is 21.1 Å². The molecular formula is C21H30N4O3S. The Balaban J connectivity index is 1.39. The van der Waals surface area contributed by atoms with Gasteiger partial charge in [0.15, 0.2) is 5.11 Å². The molecule has 3 aliphatic rings. The highest BCUT2D eigenvalue weighted by atomic mass is 32.1. The van der Waals surface area contributed by atoms with Crippen LogP contribution in [0, 0.1) is 0 Å². The molecule has 8 heteroatoms. The molecule has 1 amide bonds. The smallest absolute Gasteiger partial charge is 0.410 e. The molecule has 7 nitrogen and oxygen atoms in total. The fourth-order valence-corrected chi connectivity index (χ4v) is 4.49. The molecule has 1 aliphatic carbocycles. The molecule has 2 atom stereocenters. The van der Waals surface area contributed by atoms with Crippen LogP contribution in [0.25, 0.3) is 0 Å². The molecule has 4 N–H and O–H groups in total.